The predicted molar refractivity (Wildman–Crippen MR) is 130 cm³/mol. The van der Waals surface area contributed by atoms with Crippen LogP contribution in [0.25, 0.3) is 17.2 Å². The fraction of sp³-hybridized carbons (Fsp3) is 0.333. The van der Waals surface area contributed by atoms with Crippen LogP contribution in [0.2, 0.25) is 5.02 Å². The summed E-state index contributed by atoms with van der Waals surface area (Å²) in [5.74, 6) is -5.45. The van der Waals surface area contributed by atoms with Crippen molar-refractivity contribution in [1.29, 1.82) is 0 Å². The van der Waals surface area contributed by atoms with Crippen LogP contribution in [-0.4, -0.2) is 47.6 Å². The fourth-order valence-electron chi connectivity index (χ4n) is 4.48. The first-order valence-corrected chi connectivity index (χ1v) is 11.9. The van der Waals surface area contributed by atoms with E-state index in [0.29, 0.717) is 16.1 Å². The number of alkyl halides is 5. The summed E-state index contributed by atoms with van der Waals surface area (Å²) in [6.45, 7) is 4.82. The van der Waals surface area contributed by atoms with Crippen molar-refractivity contribution in [2.75, 3.05) is 5.32 Å². The van der Waals surface area contributed by atoms with E-state index in [2.05, 4.69) is 30.4 Å². The number of rotatable bonds is 5. The number of carbonyl (C=O) groups excluding carboxylic acids is 1. The molecule has 0 bridgehead atoms. The second kappa shape index (κ2) is 8.79. The minimum absolute atomic E-state index is 0.0169. The van der Waals surface area contributed by atoms with Gasteiger partial charge in [0.15, 0.2) is 11.5 Å². The topological polar surface area (TPSA) is 118 Å². The fourth-order valence-corrected chi connectivity index (χ4v) is 4.60. The van der Waals surface area contributed by atoms with Gasteiger partial charge in [0.25, 0.3) is 5.56 Å². The molecule has 1 aromatic carbocycles. The average molecular weight is 568 g/mol. The van der Waals surface area contributed by atoms with Crippen molar-refractivity contribution >= 4 is 29.0 Å². The Balaban J connectivity index is 1.60. The number of amides is 1. The lowest BCUT2D eigenvalue weighted by atomic mass is 9.77. The standard InChI is InChI=1S/C24H19ClF5N7O2/c1-10-8-12(4-5-13(10)25)22(3)16-18(35-21(22)39)33-17(34-20(16)38)15-9-37-19(31-11(2)36-37)14(32-15)6-7-23(26,27)24(28,29)30/h4-5,8-9H,6-7H2,1-3H3,(H2,33,34,35,38,39). The van der Waals surface area contributed by atoms with Gasteiger partial charge in [0.1, 0.15) is 22.8 Å². The van der Waals surface area contributed by atoms with E-state index >= 15 is 0 Å². The molecule has 4 heterocycles. The first-order chi connectivity index (χ1) is 18.1. The number of H-pyrrole nitrogens is 1. The molecule has 39 heavy (non-hydrogen) atoms. The van der Waals surface area contributed by atoms with Gasteiger partial charge in [-0.25, -0.2) is 19.5 Å². The highest BCUT2D eigenvalue weighted by Gasteiger charge is 2.56. The largest absolute Gasteiger partial charge is 0.453 e. The number of carbonyl (C=O) groups is 1. The van der Waals surface area contributed by atoms with Crippen LogP contribution in [-0.2, 0) is 16.6 Å². The summed E-state index contributed by atoms with van der Waals surface area (Å²) in [5, 5.41) is 7.18. The third-order valence-electron chi connectivity index (χ3n) is 6.67. The van der Waals surface area contributed by atoms with Gasteiger partial charge in [0.2, 0.25) is 5.91 Å². The summed E-state index contributed by atoms with van der Waals surface area (Å²) < 4.78 is 66.6. The van der Waals surface area contributed by atoms with Gasteiger partial charge in [0, 0.05) is 11.4 Å². The molecular weight excluding hydrogens is 549 g/mol. The van der Waals surface area contributed by atoms with Crippen molar-refractivity contribution in [3.8, 4) is 11.5 Å². The number of aromatic nitrogens is 6. The Labute approximate surface area is 221 Å². The van der Waals surface area contributed by atoms with E-state index in [0.717, 1.165) is 4.52 Å². The molecule has 1 amide bonds. The molecule has 1 aliphatic heterocycles. The number of aryl methyl sites for hydroxylation is 3. The summed E-state index contributed by atoms with van der Waals surface area (Å²) in [5.41, 5.74) is -1.14. The second-order valence-corrected chi connectivity index (χ2v) is 9.79. The zero-order valence-electron chi connectivity index (χ0n) is 20.5. The minimum atomic E-state index is -5.73. The van der Waals surface area contributed by atoms with Crippen molar-refractivity contribution < 1.29 is 26.7 Å². The molecule has 1 aliphatic rings. The van der Waals surface area contributed by atoms with E-state index in [-0.39, 0.29) is 40.1 Å². The Bertz CT molecular complexity index is 1720. The molecule has 0 aliphatic carbocycles. The van der Waals surface area contributed by atoms with Crippen molar-refractivity contribution in [3.05, 3.63) is 68.0 Å². The number of benzene rings is 1. The van der Waals surface area contributed by atoms with Crippen LogP contribution < -0.4 is 10.9 Å². The van der Waals surface area contributed by atoms with Crippen molar-refractivity contribution in [2.45, 2.75) is 51.1 Å². The highest BCUT2D eigenvalue weighted by molar-refractivity contribution is 6.31. The molecule has 9 nitrogen and oxygen atoms in total. The van der Waals surface area contributed by atoms with Gasteiger partial charge in [-0.15, -0.1) is 0 Å². The first kappa shape index (κ1) is 26.7. The van der Waals surface area contributed by atoms with Crippen molar-refractivity contribution in [3.63, 3.8) is 0 Å². The number of nitrogens with zero attached hydrogens (tertiary/aromatic N) is 5. The normalized spacial score (nSPS) is 17.5. The Morgan fingerprint density at radius 2 is 1.79 bits per heavy atom. The molecule has 4 aromatic rings. The Morgan fingerprint density at radius 3 is 2.46 bits per heavy atom. The third-order valence-corrected chi connectivity index (χ3v) is 7.09. The summed E-state index contributed by atoms with van der Waals surface area (Å²) >= 11 is 6.12. The van der Waals surface area contributed by atoms with Gasteiger partial charge in [-0.3, -0.25) is 9.59 Å². The number of anilines is 1. The molecule has 0 spiro atoms. The van der Waals surface area contributed by atoms with E-state index in [4.69, 9.17) is 11.6 Å². The van der Waals surface area contributed by atoms with Crippen LogP contribution >= 0.6 is 11.6 Å². The zero-order valence-corrected chi connectivity index (χ0v) is 21.3. The van der Waals surface area contributed by atoms with E-state index in [9.17, 15) is 31.5 Å². The minimum Gasteiger partial charge on any atom is -0.309 e. The van der Waals surface area contributed by atoms with Crippen LogP contribution in [0.4, 0.5) is 27.8 Å². The molecular formula is C24H19ClF5N7O2. The lowest BCUT2D eigenvalue weighted by molar-refractivity contribution is -0.284. The molecule has 2 N–H and O–H groups in total. The van der Waals surface area contributed by atoms with Crippen molar-refractivity contribution in [2.24, 2.45) is 0 Å². The molecule has 0 radical (unpaired) electrons. The molecule has 0 saturated carbocycles. The van der Waals surface area contributed by atoms with Gasteiger partial charge in [-0.05, 0) is 44.4 Å². The van der Waals surface area contributed by atoms with Crippen LogP contribution in [0.1, 0.15) is 41.6 Å². The molecule has 0 fully saturated rings. The van der Waals surface area contributed by atoms with Gasteiger partial charge >= 0.3 is 12.1 Å². The maximum absolute atomic E-state index is 13.6. The first-order valence-electron chi connectivity index (χ1n) is 11.5. The van der Waals surface area contributed by atoms with Crippen molar-refractivity contribution in [1.82, 2.24) is 29.5 Å². The van der Waals surface area contributed by atoms with E-state index < -0.39 is 41.8 Å². The lowest BCUT2D eigenvalue weighted by Gasteiger charge is -2.22. The summed E-state index contributed by atoms with van der Waals surface area (Å²) in [6.07, 6.45) is -6.80. The summed E-state index contributed by atoms with van der Waals surface area (Å²) in [6, 6.07) is 4.93. The molecule has 204 valence electrons. The van der Waals surface area contributed by atoms with Crippen LogP contribution in [0.5, 0.6) is 0 Å². The highest BCUT2D eigenvalue weighted by Crippen LogP contribution is 2.41. The zero-order chi connectivity index (χ0) is 28.5. The number of fused-ring (bicyclic) bond motifs is 2. The third kappa shape index (κ3) is 4.32. The number of aromatic amines is 1. The van der Waals surface area contributed by atoms with E-state index in [1.165, 1.54) is 13.1 Å². The van der Waals surface area contributed by atoms with Gasteiger partial charge < -0.3 is 10.3 Å². The van der Waals surface area contributed by atoms with Gasteiger partial charge in [-0.1, -0.05) is 23.7 Å². The van der Waals surface area contributed by atoms with Gasteiger partial charge in [-0.2, -0.15) is 27.1 Å². The molecule has 15 heteroatoms. The number of nitrogens with one attached hydrogen (secondary N) is 2. The molecule has 1 unspecified atom stereocenters. The van der Waals surface area contributed by atoms with Crippen LogP contribution in [0.3, 0.4) is 0 Å². The molecule has 1 atom stereocenters. The van der Waals surface area contributed by atoms with Crippen LogP contribution in [0.15, 0.2) is 29.2 Å². The van der Waals surface area contributed by atoms with Gasteiger partial charge in [0.05, 0.1) is 17.5 Å². The van der Waals surface area contributed by atoms with E-state index in [1.807, 2.05) is 0 Å². The maximum atomic E-state index is 13.6. The monoisotopic (exact) mass is 567 g/mol. The number of halogens is 6. The smallest absolute Gasteiger partial charge is 0.309 e. The predicted octanol–water partition coefficient (Wildman–Crippen LogP) is 4.53. The summed E-state index contributed by atoms with van der Waals surface area (Å²) in [4.78, 5) is 41.6. The average Bonchev–Trinajstić information content (AvgIpc) is 3.34. The number of hydrogen-bond acceptors (Lipinski definition) is 6. The molecule has 3 aromatic heterocycles. The Kier molecular flexibility index (Phi) is 6.01. The quantitative estimate of drug-likeness (QED) is 0.342. The Morgan fingerprint density at radius 1 is 1.08 bits per heavy atom. The number of hydrogen-bond donors (Lipinski definition) is 2. The maximum Gasteiger partial charge on any atom is 0.453 e. The molecule has 0 saturated heterocycles. The highest BCUT2D eigenvalue weighted by atomic mass is 35.5. The Hall–Kier alpha value is -3.94. The SMILES string of the molecule is Cc1nc2c(CCC(F)(F)C(F)(F)F)nc(-c3nc4c(c(=O)[nH]3)C(C)(c3ccc(Cl)c(C)c3)C(=O)N4)cn2n1. The summed E-state index contributed by atoms with van der Waals surface area (Å²) in [7, 11) is 0. The molecule has 5 rings (SSSR count). The van der Waals surface area contributed by atoms with Crippen LogP contribution in [0, 0.1) is 13.8 Å². The van der Waals surface area contributed by atoms with E-state index in [1.54, 1.807) is 32.0 Å². The second-order valence-electron chi connectivity index (χ2n) is 9.38. The lowest BCUT2D eigenvalue weighted by Crippen LogP contribution is -2.36.